The molecular formula is C30H35N3O2. The molecule has 1 aromatic heterocycles. The molecule has 0 radical (unpaired) electrons. The van der Waals surface area contributed by atoms with E-state index in [0.29, 0.717) is 6.42 Å². The third-order valence-corrected chi connectivity index (χ3v) is 7.22. The molecule has 1 aliphatic carbocycles. The molecule has 5 nitrogen and oxygen atoms in total. The molecule has 2 heterocycles. The number of aryl methyl sites for hydroxylation is 1. The van der Waals surface area contributed by atoms with E-state index in [-0.39, 0.29) is 22.5 Å². The van der Waals surface area contributed by atoms with Crippen LogP contribution in [0.1, 0.15) is 75.8 Å². The number of ketones is 1. The van der Waals surface area contributed by atoms with Crippen LogP contribution in [0.15, 0.2) is 59.8 Å². The molecule has 182 valence electrons. The largest absolute Gasteiger partial charge is 0.497 e. The zero-order valence-electron chi connectivity index (χ0n) is 21.8. The summed E-state index contributed by atoms with van der Waals surface area (Å²) in [6.45, 7) is 13.1. The molecule has 0 saturated heterocycles. The van der Waals surface area contributed by atoms with Gasteiger partial charge in [0.25, 0.3) is 0 Å². The van der Waals surface area contributed by atoms with Gasteiger partial charge in [-0.05, 0) is 54.2 Å². The zero-order valence-corrected chi connectivity index (χ0v) is 21.8. The van der Waals surface area contributed by atoms with E-state index in [1.165, 1.54) is 11.1 Å². The van der Waals surface area contributed by atoms with Crippen LogP contribution < -0.4 is 10.1 Å². The van der Waals surface area contributed by atoms with Crippen LogP contribution in [0.25, 0.3) is 5.69 Å². The van der Waals surface area contributed by atoms with Gasteiger partial charge in [-0.15, -0.1) is 0 Å². The van der Waals surface area contributed by atoms with E-state index in [2.05, 4.69) is 71.1 Å². The van der Waals surface area contributed by atoms with Crippen LogP contribution in [0.4, 0.5) is 5.82 Å². The first-order chi connectivity index (χ1) is 16.5. The minimum Gasteiger partial charge on any atom is -0.497 e. The van der Waals surface area contributed by atoms with Crippen molar-refractivity contribution in [3.8, 4) is 11.4 Å². The summed E-state index contributed by atoms with van der Waals surface area (Å²) >= 11 is 0. The van der Waals surface area contributed by atoms with Crippen molar-refractivity contribution in [1.29, 1.82) is 0 Å². The van der Waals surface area contributed by atoms with Gasteiger partial charge in [-0.3, -0.25) is 4.79 Å². The number of hydrogen-bond acceptors (Lipinski definition) is 4. The van der Waals surface area contributed by atoms with Crippen LogP contribution in [0.5, 0.6) is 5.75 Å². The summed E-state index contributed by atoms with van der Waals surface area (Å²) in [6.07, 6.45) is 1.39. The second-order valence-corrected chi connectivity index (χ2v) is 11.7. The molecule has 0 bridgehead atoms. The monoisotopic (exact) mass is 469 g/mol. The third-order valence-electron chi connectivity index (χ3n) is 7.22. The molecule has 3 aromatic rings. The highest BCUT2D eigenvalue weighted by Gasteiger charge is 2.45. The summed E-state index contributed by atoms with van der Waals surface area (Å²) in [4.78, 5) is 13.7. The normalized spacial score (nSPS) is 19.2. The zero-order chi connectivity index (χ0) is 25.1. The molecule has 5 rings (SSSR count). The number of fused-ring (bicyclic) bond motifs is 1. The van der Waals surface area contributed by atoms with Gasteiger partial charge in [-0.1, -0.05) is 58.9 Å². The van der Waals surface area contributed by atoms with Gasteiger partial charge in [0.15, 0.2) is 5.78 Å². The van der Waals surface area contributed by atoms with E-state index in [9.17, 15) is 4.79 Å². The van der Waals surface area contributed by atoms with Crippen LogP contribution in [-0.2, 0) is 10.2 Å². The van der Waals surface area contributed by atoms with E-state index in [4.69, 9.17) is 9.84 Å². The molecule has 0 spiro atoms. The number of anilines is 1. The third kappa shape index (κ3) is 3.97. The summed E-state index contributed by atoms with van der Waals surface area (Å²) < 4.78 is 7.39. The standard InChI is InChI=1S/C30H35N3O2/c1-18-10-8-9-11-21(18)24-25-22(16-30(5,6)17-23(25)34)31-28-26(24)27(29(2,3)4)32-33(28)19-12-14-20(35-7)15-13-19/h8-15,24,31H,16-17H2,1-7H3. The van der Waals surface area contributed by atoms with Gasteiger partial charge in [0.2, 0.25) is 0 Å². The molecular weight excluding hydrogens is 434 g/mol. The Morgan fingerprint density at radius 3 is 2.37 bits per heavy atom. The van der Waals surface area contributed by atoms with Crippen molar-refractivity contribution in [3.63, 3.8) is 0 Å². The lowest BCUT2D eigenvalue weighted by molar-refractivity contribution is -0.118. The Labute approximate surface area is 208 Å². The first-order valence-electron chi connectivity index (χ1n) is 12.4. The van der Waals surface area contributed by atoms with Crippen LogP contribution >= 0.6 is 0 Å². The molecule has 0 amide bonds. The highest BCUT2D eigenvalue weighted by molar-refractivity contribution is 6.01. The molecule has 1 N–H and O–H groups in total. The molecule has 0 saturated carbocycles. The molecule has 1 aliphatic heterocycles. The number of Topliss-reactive ketones (excluding diaryl/α,β-unsaturated/α-hetero) is 1. The Morgan fingerprint density at radius 1 is 1.06 bits per heavy atom. The van der Waals surface area contributed by atoms with E-state index in [1.807, 2.05) is 28.9 Å². The van der Waals surface area contributed by atoms with Crippen molar-refractivity contribution in [2.45, 2.75) is 65.7 Å². The molecule has 1 unspecified atom stereocenters. The highest BCUT2D eigenvalue weighted by Crippen LogP contribution is 2.52. The number of nitrogens with zero attached hydrogens (tertiary/aromatic N) is 2. The van der Waals surface area contributed by atoms with E-state index in [0.717, 1.165) is 46.2 Å². The summed E-state index contributed by atoms with van der Waals surface area (Å²) in [6, 6.07) is 16.4. The Morgan fingerprint density at radius 2 is 1.74 bits per heavy atom. The van der Waals surface area contributed by atoms with Gasteiger partial charge in [-0.2, -0.15) is 5.10 Å². The number of allylic oxidation sites excluding steroid dienone is 2. The predicted octanol–water partition coefficient (Wildman–Crippen LogP) is 6.69. The topological polar surface area (TPSA) is 56.1 Å². The van der Waals surface area contributed by atoms with Gasteiger partial charge in [-0.25, -0.2) is 4.68 Å². The van der Waals surface area contributed by atoms with Crippen molar-refractivity contribution >= 4 is 11.6 Å². The van der Waals surface area contributed by atoms with E-state index in [1.54, 1.807) is 7.11 Å². The number of rotatable bonds is 3. The molecule has 5 heteroatoms. The molecule has 35 heavy (non-hydrogen) atoms. The van der Waals surface area contributed by atoms with Crippen LogP contribution in [0.3, 0.4) is 0 Å². The predicted molar refractivity (Wildman–Crippen MR) is 141 cm³/mol. The Hall–Kier alpha value is -3.34. The van der Waals surface area contributed by atoms with Gasteiger partial charge in [0.1, 0.15) is 11.6 Å². The Balaban J connectivity index is 1.82. The molecule has 0 fully saturated rings. The van der Waals surface area contributed by atoms with Gasteiger partial charge < -0.3 is 10.1 Å². The summed E-state index contributed by atoms with van der Waals surface area (Å²) in [5, 5.41) is 8.91. The fourth-order valence-corrected chi connectivity index (χ4v) is 5.58. The molecule has 2 aromatic carbocycles. The maximum Gasteiger partial charge on any atom is 0.162 e. The van der Waals surface area contributed by atoms with Gasteiger partial charge in [0.05, 0.1) is 18.5 Å². The Bertz CT molecular complexity index is 1340. The number of methoxy groups -OCH3 is 1. The van der Waals surface area contributed by atoms with Gasteiger partial charge in [0, 0.05) is 34.6 Å². The second kappa shape index (κ2) is 8.11. The minimum absolute atomic E-state index is 0.0888. The van der Waals surface area contributed by atoms with Crippen molar-refractivity contribution < 1.29 is 9.53 Å². The van der Waals surface area contributed by atoms with Crippen molar-refractivity contribution in [1.82, 2.24) is 9.78 Å². The molecule has 1 atom stereocenters. The fourth-order valence-electron chi connectivity index (χ4n) is 5.58. The number of benzene rings is 2. The van der Waals surface area contributed by atoms with Crippen LogP contribution in [-0.4, -0.2) is 22.7 Å². The average molecular weight is 470 g/mol. The van der Waals surface area contributed by atoms with Crippen molar-refractivity contribution in [2.24, 2.45) is 5.41 Å². The van der Waals surface area contributed by atoms with Crippen LogP contribution in [0.2, 0.25) is 0 Å². The number of carbonyl (C=O) groups excluding carboxylic acids is 1. The highest BCUT2D eigenvalue weighted by atomic mass is 16.5. The van der Waals surface area contributed by atoms with Crippen molar-refractivity contribution in [3.05, 3.63) is 82.2 Å². The maximum atomic E-state index is 13.7. The van der Waals surface area contributed by atoms with Crippen molar-refractivity contribution in [2.75, 3.05) is 12.4 Å². The quantitative estimate of drug-likeness (QED) is 0.464. The maximum absolute atomic E-state index is 13.7. The second-order valence-electron chi connectivity index (χ2n) is 11.7. The Kier molecular flexibility index (Phi) is 5.42. The first kappa shape index (κ1) is 23.4. The minimum atomic E-state index is -0.209. The average Bonchev–Trinajstić information content (AvgIpc) is 3.17. The number of nitrogens with one attached hydrogen (secondary N) is 1. The summed E-state index contributed by atoms with van der Waals surface area (Å²) in [7, 11) is 1.67. The summed E-state index contributed by atoms with van der Waals surface area (Å²) in [5.74, 6) is 1.85. The number of ether oxygens (including phenoxy) is 1. The first-order valence-corrected chi connectivity index (χ1v) is 12.4. The lowest BCUT2D eigenvalue weighted by atomic mass is 9.67. The number of aromatic nitrogens is 2. The molecule has 2 aliphatic rings. The summed E-state index contributed by atoms with van der Waals surface area (Å²) in [5.41, 5.74) is 7.07. The lowest BCUT2D eigenvalue weighted by Gasteiger charge is -2.39. The fraction of sp³-hybridized carbons (Fsp3) is 0.400. The smallest absolute Gasteiger partial charge is 0.162 e. The number of carbonyl (C=O) groups is 1. The number of hydrogen-bond donors (Lipinski definition) is 1. The lowest BCUT2D eigenvalue weighted by Crippen LogP contribution is -2.34. The SMILES string of the molecule is COc1ccc(-n2nc(C(C)(C)C)c3c2NC2=C(C(=O)CC(C)(C)C2)C3c2ccccc2C)cc1. The van der Waals surface area contributed by atoms with E-state index >= 15 is 0 Å². The van der Waals surface area contributed by atoms with Gasteiger partial charge >= 0.3 is 0 Å². The van der Waals surface area contributed by atoms with E-state index < -0.39 is 0 Å². The van der Waals surface area contributed by atoms with Crippen LogP contribution in [0, 0.1) is 12.3 Å².